The highest BCUT2D eigenvalue weighted by molar-refractivity contribution is 5.76. The zero-order valence-corrected chi connectivity index (χ0v) is 16.7. The van der Waals surface area contributed by atoms with E-state index >= 15 is 0 Å². The third-order valence-electron chi connectivity index (χ3n) is 4.99. The van der Waals surface area contributed by atoms with Crippen molar-refractivity contribution in [1.29, 1.82) is 0 Å². The molecule has 0 radical (unpaired) electrons. The lowest BCUT2D eigenvalue weighted by Gasteiger charge is -2.09. The molecule has 8 heteroatoms. The minimum Gasteiger partial charge on any atom is -0.352 e. The molecule has 0 aliphatic rings. The van der Waals surface area contributed by atoms with Crippen LogP contribution in [0.25, 0.3) is 11.2 Å². The van der Waals surface area contributed by atoms with Gasteiger partial charge in [-0.3, -0.25) is 18.7 Å². The van der Waals surface area contributed by atoms with E-state index in [9.17, 15) is 14.4 Å². The minimum absolute atomic E-state index is 0.0373. The SMILES string of the molecule is Cc1ccc(CNC(=O)CCCn2cnc3c2c(=O)n(C)c(=O)n3C)c(C)c1. The van der Waals surface area contributed by atoms with Crippen molar-refractivity contribution in [2.45, 2.75) is 39.8 Å². The summed E-state index contributed by atoms with van der Waals surface area (Å²) in [6.07, 6.45) is 2.45. The van der Waals surface area contributed by atoms with Gasteiger partial charge in [0.2, 0.25) is 5.91 Å². The van der Waals surface area contributed by atoms with E-state index in [1.54, 1.807) is 17.9 Å². The number of hydrogen-bond donors (Lipinski definition) is 1. The van der Waals surface area contributed by atoms with Crippen LogP contribution < -0.4 is 16.6 Å². The van der Waals surface area contributed by atoms with Gasteiger partial charge in [0, 0.05) is 33.6 Å². The van der Waals surface area contributed by atoms with Gasteiger partial charge < -0.3 is 9.88 Å². The number of aryl methyl sites for hydroxylation is 4. The van der Waals surface area contributed by atoms with Crippen LogP contribution in [-0.2, 0) is 32.0 Å². The summed E-state index contributed by atoms with van der Waals surface area (Å²) in [7, 11) is 3.03. The van der Waals surface area contributed by atoms with E-state index in [2.05, 4.69) is 16.4 Å². The number of fused-ring (bicyclic) bond motifs is 1. The smallest absolute Gasteiger partial charge is 0.332 e. The normalized spacial score (nSPS) is 11.1. The van der Waals surface area contributed by atoms with Crippen LogP contribution in [0, 0.1) is 13.8 Å². The van der Waals surface area contributed by atoms with Crippen LogP contribution in [0.15, 0.2) is 34.1 Å². The Hall–Kier alpha value is -3.16. The number of nitrogens with one attached hydrogen (secondary N) is 1. The molecule has 148 valence electrons. The molecule has 0 saturated carbocycles. The molecule has 8 nitrogen and oxygen atoms in total. The molecule has 0 spiro atoms. The molecule has 28 heavy (non-hydrogen) atoms. The van der Waals surface area contributed by atoms with Crippen molar-refractivity contribution in [3.05, 3.63) is 62.1 Å². The van der Waals surface area contributed by atoms with Crippen molar-refractivity contribution >= 4 is 17.1 Å². The number of carbonyl (C=O) groups is 1. The lowest BCUT2D eigenvalue weighted by molar-refractivity contribution is -0.121. The molecule has 1 N–H and O–H groups in total. The number of benzene rings is 1. The summed E-state index contributed by atoms with van der Waals surface area (Å²) in [5.41, 5.74) is 3.40. The van der Waals surface area contributed by atoms with Crippen LogP contribution in [0.3, 0.4) is 0 Å². The zero-order valence-electron chi connectivity index (χ0n) is 16.7. The Balaban J connectivity index is 1.61. The Kier molecular flexibility index (Phi) is 5.48. The number of hydrogen-bond acceptors (Lipinski definition) is 4. The van der Waals surface area contributed by atoms with Crippen LogP contribution in [0.2, 0.25) is 0 Å². The predicted molar refractivity (Wildman–Crippen MR) is 107 cm³/mol. The molecule has 0 atom stereocenters. The summed E-state index contributed by atoms with van der Waals surface area (Å²) < 4.78 is 4.12. The maximum atomic E-state index is 12.4. The molecule has 0 saturated heterocycles. The van der Waals surface area contributed by atoms with Gasteiger partial charge in [0.15, 0.2) is 11.2 Å². The molecule has 3 aromatic rings. The molecule has 0 aliphatic carbocycles. The van der Waals surface area contributed by atoms with Gasteiger partial charge in [0.05, 0.1) is 6.33 Å². The van der Waals surface area contributed by atoms with Crippen LogP contribution in [-0.4, -0.2) is 24.6 Å². The van der Waals surface area contributed by atoms with E-state index in [4.69, 9.17) is 0 Å². The molecule has 1 aromatic carbocycles. The number of imidazole rings is 1. The van der Waals surface area contributed by atoms with E-state index in [1.165, 1.54) is 17.2 Å². The second-order valence-electron chi connectivity index (χ2n) is 7.13. The summed E-state index contributed by atoms with van der Waals surface area (Å²) in [6, 6.07) is 6.16. The first-order valence-corrected chi connectivity index (χ1v) is 9.23. The third kappa shape index (κ3) is 3.76. The summed E-state index contributed by atoms with van der Waals surface area (Å²) in [5, 5.41) is 2.94. The molecule has 2 heterocycles. The van der Waals surface area contributed by atoms with Crippen molar-refractivity contribution in [2.75, 3.05) is 0 Å². The van der Waals surface area contributed by atoms with E-state index in [1.807, 2.05) is 26.0 Å². The molecule has 0 fully saturated rings. The Morgan fingerprint density at radius 3 is 2.61 bits per heavy atom. The van der Waals surface area contributed by atoms with Gasteiger partial charge in [-0.15, -0.1) is 0 Å². The van der Waals surface area contributed by atoms with Gasteiger partial charge in [-0.1, -0.05) is 23.8 Å². The van der Waals surface area contributed by atoms with Gasteiger partial charge in [0.1, 0.15) is 0 Å². The highest BCUT2D eigenvalue weighted by Crippen LogP contribution is 2.11. The van der Waals surface area contributed by atoms with Crippen LogP contribution in [0.5, 0.6) is 0 Å². The number of aromatic nitrogens is 4. The van der Waals surface area contributed by atoms with Crippen molar-refractivity contribution in [3.8, 4) is 0 Å². The fourth-order valence-electron chi connectivity index (χ4n) is 3.30. The zero-order chi connectivity index (χ0) is 20.4. The number of rotatable bonds is 6. The Morgan fingerprint density at radius 1 is 1.14 bits per heavy atom. The van der Waals surface area contributed by atoms with Crippen molar-refractivity contribution in [1.82, 2.24) is 24.0 Å². The van der Waals surface area contributed by atoms with Crippen LogP contribution >= 0.6 is 0 Å². The highest BCUT2D eigenvalue weighted by Gasteiger charge is 2.14. The Bertz CT molecular complexity index is 1150. The Morgan fingerprint density at radius 2 is 1.89 bits per heavy atom. The molecular formula is C20H25N5O3. The first kappa shape index (κ1) is 19.6. The lowest BCUT2D eigenvalue weighted by Crippen LogP contribution is -2.37. The second-order valence-corrected chi connectivity index (χ2v) is 7.13. The average molecular weight is 383 g/mol. The maximum Gasteiger partial charge on any atom is 0.332 e. The van der Waals surface area contributed by atoms with E-state index < -0.39 is 5.69 Å². The van der Waals surface area contributed by atoms with Crippen molar-refractivity contribution < 1.29 is 4.79 Å². The highest BCUT2D eigenvalue weighted by atomic mass is 16.2. The quantitative estimate of drug-likeness (QED) is 0.691. The fraction of sp³-hybridized carbons (Fsp3) is 0.400. The summed E-state index contributed by atoms with van der Waals surface area (Å²) in [6.45, 7) is 5.05. The Labute approximate surface area is 162 Å². The second kappa shape index (κ2) is 7.84. The van der Waals surface area contributed by atoms with Crippen LogP contribution in [0.1, 0.15) is 29.5 Å². The largest absolute Gasteiger partial charge is 0.352 e. The summed E-state index contributed by atoms with van der Waals surface area (Å²) in [4.78, 5) is 40.7. The van der Waals surface area contributed by atoms with Crippen molar-refractivity contribution in [3.63, 3.8) is 0 Å². The molecule has 2 aromatic heterocycles. The maximum absolute atomic E-state index is 12.4. The van der Waals surface area contributed by atoms with Gasteiger partial charge in [-0.2, -0.15) is 0 Å². The van der Waals surface area contributed by atoms with E-state index in [0.29, 0.717) is 37.1 Å². The molecule has 0 bridgehead atoms. The number of carbonyl (C=O) groups excluding carboxylic acids is 1. The molecule has 0 unspecified atom stereocenters. The van der Waals surface area contributed by atoms with Crippen LogP contribution in [0.4, 0.5) is 0 Å². The third-order valence-corrected chi connectivity index (χ3v) is 4.99. The first-order chi connectivity index (χ1) is 13.3. The first-order valence-electron chi connectivity index (χ1n) is 9.23. The number of nitrogens with zero attached hydrogens (tertiary/aromatic N) is 4. The summed E-state index contributed by atoms with van der Waals surface area (Å²) in [5.74, 6) is -0.0373. The molecular weight excluding hydrogens is 358 g/mol. The van der Waals surface area contributed by atoms with Gasteiger partial charge in [-0.05, 0) is 31.4 Å². The minimum atomic E-state index is -0.409. The predicted octanol–water partition coefficient (Wildman–Crippen LogP) is 1.15. The van der Waals surface area contributed by atoms with Gasteiger partial charge in [-0.25, -0.2) is 9.78 Å². The van der Waals surface area contributed by atoms with E-state index in [0.717, 1.165) is 15.7 Å². The average Bonchev–Trinajstić information content (AvgIpc) is 3.08. The lowest BCUT2D eigenvalue weighted by atomic mass is 10.1. The topological polar surface area (TPSA) is 90.9 Å². The standard InChI is InChI=1S/C20H25N5O3/c1-13-7-8-15(14(2)10-13)11-21-16(26)6-5-9-25-12-22-18-17(25)19(27)24(4)20(28)23(18)3/h7-8,10,12H,5-6,9,11H2,1-4H3,(H,21,26). The summed E-state index contributed by atoms with van der Waals surface area (Å²) >= 11 is 0. The van der Waals surface area contributed by atoms with Crippen molar-refractivity contribution in [2.24, 2.45) is 14.1 Å². The van der Waals surface area contributed by atoms with Gasteiger partial charge in [0.25, 0.3) is 5.56 Å². The molecule has 1 amide bonds. The fourth-order valence-corrected chi connectivity index (χ4v) is 3.30. The number of amides is 1. The molecule has 0 aliphatic heterocycles. The molecule has 3 rings (SSSR count). The van der Waals surface area contributed by atoms with Gasteiger partial charge >= 0.3 is 5.69 Å². The monoisotopic (exact) mass is 383 g/mol. The van der Waals surface area contributed by atoms with E-state index in [-0.39, 0.29) is 11.5 Å².